The van der Waals surface area contributed by atoms with Crippen LogP contribution in [0, 0.1) is 12.3 Å². The third kappa shape index (κ3) is 2.58. The number of anilines is 1. The molecule has 0 bridgehead atoms. The highest BCUT2D eigenvalue weighted by Gasteiger charge is 2.49. The van der Waals surface area contributed by atoms with Crippen LogP contribution in [0.2, 0.25) is 0 Å². The van der Waals surface area contributed by atoms with Crippen molar-refractivity contribution in [1.29, 1.82) is 0 Å². The van der Waals surface area contributed by atoms with Crippen LogP contribution in [0.5, 0.6) is 0 Å². The smallest absolute Gasteiger partial charge is 0.275 e. The Morgan fingerprint density at radius 2 is 2.04 bits per heavy atom. The molecule has 2 aromatic rings. The summed E-state index contributed by atoms with van der Waals surface area (Å²) in [7, 11) is 0. The molecule has 2 fully saturated rings. The van der Waals surface area contributed by atoms with E-state index in [4.69, 9.17) is 0 Å². The van der Waals surface area contributed by atoms with E-state index < -0.39 is 0 Å². The predicted molar refractivity (Wildman–Crippen MR) is 91.0 cm³/mol. The molecule has 1 aromatic heterocycles. The predicted octanol–water partition coefficient (Wildman–Crippen LogP) is 2.12. The lowest BCUT2D eigenvalue weighted by atomic mass is 9.86. The van der Waals surface area contributed by atoms with Crippen LogP contribution in [0.15, 0.2) is 29.6 Å². The minimum absolute atomic E-state index is 0.0816. The van der Waals surface area contributed by atoms with Crippen LogP contribution >= 0.6 is 11.5 Å². The van der Waals surface area contributed by atoms with Gasteiger partial charge in [0, 0.05) is 42.5 Å². The average molecular weight is 342 g/mol. The van der Waals surface area contributed by atoms with Gasteiger partial charge < -0.3 is 9.80 Å². The summed E-state index contributed by atoms with van der Waals surface area (Å²) in [5.74, 6) is 0.0605. The fraction of sp³-hybridized carbons (Fsp3) is 0.412. The highest BCUT2D eigenvalue weighted by Crippen LogP contribution is 2.42. The van der Waals surface area contributed by atoms with E-state index >= 15 is 0 Å². The zero-order valence-electron chi connectivity index (χ0n) is 13.4. The first-order valence-electron chi connectivity index (χ1n) is 8.00. The maximum Gasteiger partial charge on any atom is 0.275 e. The molecular formula is C17H18N4O2S. The molecule has 1 unspecified atom stereocenters. The standard InChI is InChI=1S/C17H18N4O2S/c1-12-2-4-13(5-3-12)21-11-17(8-15(21)22)6-7-20(10-17)16(23)14-9-24-19-18-14/h2-5,9H,6-8,10-11H2,1H3. The van der Waals surface area contributed by atoms with Crippen LogP contribution in [0.3, 0.4) is 0 Å². The molecule has 6 nitrogen and oxygen atoms in total. The largest absolute Gasteiger partial charge is 0.337 e. The number of hydrogen-bond acceptors (Lipinski definition) is 5. The van der Waals surface area contributed by atoms with Gasteiger partial charge in [0.05, 0.1) is 0 Å². The molecule has 0 radical (unpaired) electrons. The quantitative estimate of drug-likeness (QED) is 0.838. The van der Waals surface area contributed by atoms with Crippen molar-refractivity contribution in [2.45, 2.75) is 19.8 Å². The Morgan fingerprint density at radius 1 is 1.25 bits per heavy atom. The summed E-state index contributed by atoms with van der Waals surface area (Å²) >= 11 is 1.18. The SMILES string of the molecule is Cc1ccc(N2CC3(CCN(C(=O)c4csnn4)C3)CC2=O)cc1. The van der Waals surface area contributed by atoms with Crippen LogP contribution < -0.4 is 4.90 Å². The molecule has 124 valence electrons. The number of hydrogen-bond donors (Lipinski definition) is 0. The molecule has 1 aromatic carbocycles. The van der Waals surface area contributed by atoms with Gasteiger partial charge in [0.15, 0.2) is 5.69 Å². The summed E-state index contributed by atoms with van der Waals surface area (Å²) in [6.45, 7) is 3.99. The Balaban J connectivity index is 1.50. The maximum absolute atomic E-state index is 12.5. The lowest BCUT2D eigenvalue weighted by Gasteiger charge is -2.24. The van der Waals surface area contributed by atoms with Crippen molar-refractivity contribution in [3.8, 4) is 0 Å². The van der Waals surface area contributed by atoms with Crippen LogP contribution in [-0.2, 0) is 4.79 Å². The van der Waals surface area contributed by atoms with Gasteiger partial charge in [-0.25, -0.2) is 0 Å². The van der Waals surface area contributed by atoms with E-state index in [2.05, 4.69) is 9.59 Å². The zero-order valence-corrected chi connectivity index (χ0v) is 14.3. The first-order valence-corrected chi connectivity index (χ1v) is 8.83. The number of aryl methyl sites for hydroxylation is 1. The average Bonchev–Trinajstić information content (AvgIpc) is 3.29. The topological polar surface area (TPSA) is 66.4 Å². The van der Waals surface area contributed by atoms with E-state index in [0.717, 1.165) is 12.1 Å². The number of rotatable bonds is 2. The lowest BCUT2D eigenvalue weighted by Crippen LogP contribution is -2.34. The summed E-state index contributed by atoms with van der Waals surface area (Å²) in [4.78, 5) is 28.6. The van der Waals surface area contributed by atoms with Crippen molar-refractivity contribution >= 4 is 29.0 Å². The van der Waals surface area contributed by atoms with Crippen LogP contribution in [-0.4, -0.2) is 45.9 Å². The third-order valence-electron chi connectivity index (χ3n) is 4.97. The Hall–Kier alpha value is -2.28. The van der Waals surface area contributed by atoms with Gasteiger partial charge in [0.1, 0.15) is 0 Å². The summed E-state index contributed by atoms with van der Waals surface area (Å²) in [5, 5.41) is 5.53. The summed E-state index contributed by atoms with van der Waals surface area (Å²) in [6, 6.07) is 8.02. The second-order valence-corrected chi connectivity index (χ2v) is 7.37. The van der Waals surface area contributed by atoms with Crippen LogP contribution in [0.4, 0.5) is 5.69 Å². The zero-order chi connectivity index (χ0) is 16.7. The number of amides is 2. The van der Waals surface area contributed by atoms with Crippen molar-refractivity contribution in [3.63, 3.8) is 0 Å². The second kappa shape index (κ2) is 5.66. The van der Waals surface area contributed by atoms with Gasteiger partial charge in [-0.2, -0.15) is 0 Å². The second-order valence-electron chi connectivity index (χ2n) is 6.76. The molecule has 4 rings (SSSR count). The van der Waals surface area contributed by atoms with Crippen molar-refractivity contribution in [2.24, 2.45) is 5.41 Å². The number of likely N-dealkylation sites (tertiary alicyclic amines) is 1. The highest BCUT2D eigenvalue weighted by atomic mass is 32.1. The van der Waals surface area contributed by atoms with E-state index in [1.54, 1.807) is 5.38 Å². The van der Waals surface area contributed by atoms with E-state index in [1.807, 2.05) is 41.0 Å². The molecule has 1 spiro atoms. The van der Waals surface area contributed by atoms with Crippen LogP contribution in [0.1, 0.15) is 28.9 Å². The lowest BCUT2D eigenvalue weighted by molar-refractivity contribution is -0.117. The summed E-state index contributed by atoms with van der Waals surface area (Å²) in [6.07, 6.45) is 1.35. The molecule has 3 heterocycles. The molecule has 2 aliphatic heterocycles. The van der Waals surface area contributed by atoms with Crippen molar-refractivity contribution in [1.82, 2.24) is 14.5 Å². The van der Waals surface area contributed by atoms with Gasteiger partial charge in [-0.3, -0.25) is 9.59 Å². The Bertz CT molecular complexity index is 774. The molecule has 1 atom stereocenters. The highest BCUT2D eigenvalue weighted by molar-refractivity contribution is 7.03. The van der Waals surface area contributed by atoms with E-state index in [9.17, 15) is 9.59 Å². The summed E-state index contributed by atoms with van der Waals surface area (Å²) in [5.41, 5.74) is 2.38. The minimum atomic E-state index is -0.138. The molecule has 2 saturated heterocycles. The number of nitrogens with zero attached hydrogens (tertiary/aromatic N) is 4. The minimum Gasteiger partial charge on any atom is -0.337 e. The van der Waals surface area contributed by atoms with Gasteiger partial charge >= 0.3 is 0 Å². The molecular weight excluding hydrogens is 324 g/mol. The number of benzene rings is 1. The summed E-state index contributed by atoms with van der Waals surface area (Å²) < 4.78 is 3.76. The molecule has 2 aliphatic rings. The number of carbonyl (C=O) groups is 2. The molecule has 0 aliphatic carbocycles. The van der Waals surface area contributed by atoms with Crippen molar-refractivity contribution in [2.75, 3.05) is 24.5 Å². The molecule has 0 N–H and O–H groups in total. The van der Waals surface area contributed by atoms with E-state index in [1.165, 1.54) is 17.1 Å². The Morgan fingerprint density at radius 3 is 2.75 bits per heavy atom. The first kappa shape index (κ1) is 15.3. The van der Waals surface area contributed by atoms with Crippen molar-refractivity contribution < 1.29 is 9.59 Å². The third-order valence-corrected chi connectivity index (χ3v) is 5.48. The van der Waals surface area contributed by atoms with Gasteiger partial charge in [-0.15, -0.1) is 5.10 Å². The van der Waals surface area contributed by atoms with Gasteiger partial charge in [0.25, 0.3) is 5.91 Å². The molecule has 24 heavy (non-hydrogen) atoms. The maximum atomic E-state index is 12.5. The van der Waals surface area contributed by atoms with Crippen molar-refractivity contribution in [3.05, 3.63) is 40.9 Å². The van der Waals surface area contributed by atoms with E-state index in [-0.39, 0.29) is 17.2 Å². The van der Waals surface area contributed by atoms with Gasteiger partial charge in [-0.1, -0.05) is 22.2 Å². The van der Waals surface area contributed by atoms with Crippen LogP contribution in [0.25, 0.3) is 0 Å². The molecule has 2 amide bonds. The fourth-order valence-electron chi connectivity index (χ4n) is 3.66. The number of aromatic nitrogens is 2. The monoisotopic (exact) mass is 342 g/mol. The first-order chi connectivity index (χ1) is 11.6. The van der Waals surface area contributed by atoms with E-state index in [0.29, 0.717) is 31.7 Å². The molecule has 0 saturated carbocycles. The fourth-order valence-corrected chi connectivity index (χ4v) is 4.09. The van der Waals surface area contributed by atoms with Gasteiger partial charge in [-0.05, 0) is 37.0 Å². The number of carbonyl (C=O) groups excluding carboxylic acids is 2. The Labute approximate surface area is 144 Å². The normalized spacial score (nSPS) is 23.5. The van der Waals surface area contributed by atoms with Gasteiger partial charge in [0.2, 0.25) is 5.91 Å². The Kier molecular flexibility index (Phi) is 3.60. The molecule has 7 heteroatoms.